The first kappa shape index (κ1) is 28.0. The highest BCUT2D eigenvalue weighted by molar-refractivity contribution is 7.89. The van der Waals surface area contributed by atoms with E-state index in [0.717, 1.165) is 49.4 Å². The fourth-order valence-corrected chi connectivity index (χ4v) is 8.78. The Morgan fingerprint density at radius 1 is 1.15 bits per heavy atom. The lowest BCUT2D eigenvalue weighted by atomic mass is 9.74. The fourth-order valence-electron chi connectivity index (χ4n) is 5.85. The van der Waals surface area contributed by atoms with Gasteiger partial charge >= 0.3 is 0 Å². The average Bonchev–Trinajstić information content (AvgIpc) is 3.47. The molecule has 3 heterocycles. The van der Waals surface area contributed by atoms with Gasteiger partial charge in [-0.3, -0.25) is 9.69 Å². The van der Waals surface area contributed by atoms with Gasteiger partial charge in [0.05, 0.1) is 24.2 Å². The maximum Gasteiger partial charge on any atom is 0.243 e. The minimum absolute atomic E-state index is 0.0986. The summed E-state index contributed by atoms with van der Waals surface area (Å²) in [5.41, 5.74) is 1.15. The van der Waals surface area contributed by atoms with E-state index in [1.807, 2.05) is 43.5 Å². The van der Waals surface area contributed by atoms with Crippen LogP contribution in [0.5, 0.6) is 5.75 Å². The number of methoxy groups -OCH3 is 1. The molecular formula is C28H33ClN4O4S2. The molecule has 2 aliphatic heterocycles. The number of carbonyl (C=O) groups is 1. The molecule has 0 unspecified atom stereocenters. The number of rotatable bonds is 7. The van der Waals surface area contributed by atoms with E-state index in [4.69, 9.17) is 16.3 Å². The third kappa shape index (κ3) is 6.00. The number of nitrogens with zero attached hydrogens (tertiary/aromatic N) is 3. The van der Waals surface area contributed by atoms with E-state index in [2.05, 4.69) is 15.2 Å². The van der Waals surface area contributed by atoms with Crippen LogP contribution in [0.4, 0.5) is 5.13 Å². The quantitative estimate of drug-likeness (QED) is 0.399. The van der Waals surface area contributed by atoms with E-state index in [1.54, 1.807) is 29.6 Å². The SMILES string of the molecule is COc1ccc(-c2csc(NC(=O)CN3CCC4(CC3)CN(S(=O)(=O)c3cccc(Cl)c3)C(C)(C)C4)n2)cc1. The lowest BCUT2D eigenvalue weighted by molar-refractivity contribution is -0.117. The van der Waals surface area contributed by atoms with Crippen LogP contribution in [0.2, 0.25) is 5.02 Å². The molecule has 0 atom stereocenters. The number of carbonyl (C=O) groups excluding carboxylic acids is 1. The first-order chi connectivity index (χ1) is 18.5. The van der Waals surface area contributed by atoms with Crippen LogP contribution in [0.25, 0.3) is 11.3 Å². The van der Waals surface area contributed by atoms with Crippen molar-refractivity contribution in [3.8, 4) is 17.0 Å². The highest BCUT2D eigenvalue weighted by atomic mass is 35.5. The minimum atomic E-state index is -3.67. The van der Waals surface area contributed by atoms with Crippen molar-refractivity contribution in [2.24, 2.45) is 5.41 Å². The molecule has 0 bridgehead atoms. The summed E-state index contributed by atoms with van der Waals surface area (Å²) in [5, 5.41) is 5.83. The lowest BCUT2D eigenvalue weighted by Crippen LogP contribution is -2.45. The maximum atomic E-state index is 13.5. The van der Waals surface area contributed by atoms with Gasteiger partial charge in [-0.05, 0) is 94.1 Å². The van der Waals surface area contributed by atoms with Gasteiger partial charge in [-0.1, -0.05) is 17.7 Å². The Morgan fingerprint density at radius 2 is 1.87 bits per heavy atom. The molecule has 1 amide bonds. The van der Waals surface area contributed by atoms with Crippen LogP contribution in [-0.4, -0.2) is 67.3 Å². The molecule has 2 fully saturated rings. The normalized spacial score (nSPS) is 19.3. The summed E-state index contributed by atoms with van der Waals surface area (Å²) < 4.78 is 33.9. The number of nitrogens with one attached hydrogen (secondary N) is 1. The Hall–Kier alpha value is -2.50. The number of ether oxygens (including phenoxy) is 1. The van der Waals surface area contributed by atoms with Gasteiger partial charge < -0.3 is 10.1 Å². The van der Waals surface area contributed by atoms with Gasteiger partial charge in [0, 0.05) is 28.0 Å². The first-order valence-corrected chi connectivity index (χ1v) is 15.6. The van der Waals surface area contributed by atoms with Crippen LogP contribution in [0.15, 0.2) is 58.8 Å². The van der Waals surface area contributed by atoms with E-state index < -0.39 is 15.6 Å². The second-order valence-electron chi connectivity index (χ2n) is 11.0. The van der Waals surface area contributed by atoms with Crippen LogP contribution in [-0.2, 0) is 14.8 Å². The van der Waals surface area contributed by atoms with E-state index in [9.17, 15) is 13.2 Å². The monoisotopic (exact) mass is 588 g/mol. The van der Waals surface area contributed by atoms with E-state index in [-0.39, 0.29) is 22.8 Å². The number of hydrogen-bond acceptors (Lipinski definition) is 7. The Labute approximate surface area is 239 Å². The van der Waals surface area contributed by atoms with Gasteiger partial charge in [0.1, 0.15) is 5.75 Å². The largest absolute Gasteiger partial charge is 0.497 e. The van der Waals surface area contributed by atoms with Crippen molar-refractivity contribution >= 4 is 44.0 Å². The zero-order valence-electron chi connectivity index (χ0n) is 22.3. The second kappa shape index (κ2) is 10.8. The molecule has 5 rings (SSSR count). The van der Waals surface area contributed by atoms with Gasteiger partial charge in [0.15, 0.2) is 5.13 Å². The summed E-state index contributed by atoms with van der Waals surface area (Å²) in [7, 11) is -2.04. The van der Waals surface area contributed by atoms with Crippen LogP contribution in [0.1, 0.15) is 33.1 Å². The molecule has 2 aliphatic rings. The lowest BCUT2D eigenvalue weighted by Gasteiger charge is -2.39. The molecule has 39 heavy (non-hydrogen) atoms. The number of benzene rings is 2. The van der Waals surface area contributed by atoms with Gasteiger partial charge in [0.25, 0.3) is 0 Å². The van der Waals surface area contributed by atoms with Gasteiger partial charge in [-0.2, -0.15) is 4.31 Å². The Balaban J connectivity index is 1.17. The number of amides is 1. The standard InChI is InChI=1S/C28H33ClN4O4S2/c1-27(2)18-28(19-33(27)39(35,36)23-6-4-5-21(29)15-23)11-13-32(14-12-28)16-25(34)31-26-30-24(17-38-26)20-7-9-22(37-3)10-8-20/h4-10,15,17H,11-14,16,18-19H2,1-3H3,(H,30,31,34). The number of anilines is 1. The first-order valence-electron chi connectivity index (χ1n) is 12.9. The highest BCUT2D eigenvalue weighted by Crippen LogP contribution is 2.50. The number of sulfonamides is 1. The predicted molar refractivity (Wildman–Crippen MR) is 155 cm³/mol. The van der Waals surface area contributed by atoms with E-state index in [1.165, 1.54) is 17.4 Å². The summed E-state index contributed by atoms with van der Waals surface area (Å²) in [6.07, 6.45) is 2.46. The number of piperidine rings is 1. The van der Waals surface area contributed by atoms with E-state index in [0.29, 0.717) is 16.7 Å². The molecule has 3 aromatic rings. The van der Waals surface area contributed by atoms with Crippen LogP contribution < -0.4 is 10.1 Å². The summed E-state index contributed by atoms with van der Waals surface area (Å²) in [6.45, 7) is 6.23. The maximum absolute atomic E-state index is 13.5. The number of likely N-dealkylation sites (tertiary alicyclic amines) is 1. The van der Waals surface area contributed by atoms with Crippen LogP contribution >= 0.6 is 22.9 Å². The second-order valence-corrected chi connectivity index (χ2v) is 14.2. The third-order valence-corrected chi connectivity index (χ3v) is 10.8. The summed E-state index contributed by atoms with van der Waals surface area (Å²) >= 11 is 7.49. The molecule has 2 aromatic carbocycles. The molecule has 1 aromatic heterocycles. The Morgan fingerprint density at radius 3 is 2.54 bits per heavy atom. The molecule has 0 radical (unpaired) electrons. The molecule has 208 valence electrons. The number of halogens is 1. The van der Waals surface area contributed by atoms with Gasteiger partial charge in [-0.15, -0.1) is 11.3 Å². The molecule has 11 heteroatoms. The zero-order chi connectivity index (χ0) is 27.8. The molecule has 0 saturated carbocycles. The Kier molecular flexibility index (Phi) is 7.78. The fraction of sp³-hybridized carbons (Fsp3) is 0.429. The van der Waals surface area contributed by atoms with Crippen molar-refractivity contribution in [1.82, 2.24) is 14.2 Å². The summed E-state index contributed by atoms with van der Waals surface area (Å²) in [4.78, 5) is 19.7. The molecular weight excluding hydrogens is 556 g/mol. The molecule has 1 spiro atoms. The van der Waals surface area contributed by atoms with Crippen molar-refractivity contribution in [3.63, 3.8) is 0 Å². The van der Waals surface area contributed by atoms with E-state index >= 15 is 0 Å². The highest BCUT2D eigenvalue weighted by Gasteiger charge is 2.53. The number of thiazole rings is 1. The van der Waals surface area contributed by atoms with Crippen LogP contribution in [0.3, 0.4) is 0 Å². The van der Waals surface area contributed by atoms with Crippen molar-refractivity contribution < 1.29 is 17.9 Å². The molecule has 1 N–H and O–H groups in total. The average molecular weight is 589 g/mol. The molecule has 2 saturated heterocycles. The number of aromatic nitrogens is 1. The van der Waals surface area contributed by atoms with Crippen molar-refractivity contribution in [3.05, 3.63) is 58.9 Å². The zero-order valence-corrected chi connectivity index (χ0v) is 24.7. The Bertz CT molecular complexity index is 1450. The smallest absolute Gasteiger partial charge is 0.243 e. The van der Waals surface area contributed by atoms with Gasteiger partial charge in [-0.25, -0.2) is 13.4 Å². The molecule has 8 nitrogen and oxygen atoms in total. The summed E-state index contributed by atoms with van der Waals surface area (Å²) in [5.74, 6) is 0.681. The predicted octanol–water partition coefficient (Wildman–Crippen LogP) is 5.37. The minimum Gasteiger partial charge on any atom is -0.497 e. The van der Waals surface area contributed by atoms with Gasteiger partial charge in [0.2, 0.25) is 15.9 Å². The van der Waals surface area contributed by atoms with Crippen molar-refractivity contribution in [1.29, 1.82) is 0 Å². The molecule has 0 aliphatic carbocycles. The number of hydrogen-bond donors (Lipinski definition) is 1. The van der Waals surface area contributed by atoms with Crippen molar-refractivity contribution in [2.75, 3.05) is 38.6 Å². The third-order valence-electron chi connectivity index (χ3n) is 7.77. The topological polar surface area (TPSA) is 91.8 Å². The van der Waals surface area contributed by atoms with Crippen LogP contribution in [0, 0.1) is 5.41 Å². The summed E-state index contributed by atoms with van der Waals surface area (Å²) in [6, 6.07) is 14.1. The van der Waals surface area contributed by atoms with Crippen molar-refractivity contribution in [2.45, 2.75) is 43.5 Å².